The van der Waals surface area contributed by atoms with Crippen molar-refractivity contribution < 1.29 is 4.74 Å². The van der Waals surface area contributed by atoms with E-state index < -0.39 is 0 Å². The van der Waals surface area contributed by atoms with Gasteiger partial charge in [0.15, 0.2) is 0 Å². The fourth-order valence-electron chi connectivity index (χ4n) is 0.615. The van der Waals surface area contributed by atoms with Crippen LogP contribution in [0.5, 0.6) is 5.88 Å². The van der Waals surface area contributed by atoms with Crippen molar-refractivity contribution in [2.75, 3.05) is 6.61 Å². The molecule has 1 rings (SSSR count). The molecule has 11 heavy (non-hydrogen) atoms. The molecule has 0 spiro atoms. The van der Waals surface area contributed by atoms with Crippen LogP contribution in [0.4, 0.5) is 0 Å². The van der Waals surface area contributed by atoms with E-state index in [1.807, 2.05) is 12.1 Å². The van der Waals surface area contributed by atoms with Crippen LogP contribution < -0.4 is 4.74 Å². The molecule has 0 radical (unpaired) electrons. The summed E-state index contributed by atoms with van der Waals surface area (Å²) >= 11 is 2.18. The summed E-state index contributed by atoms with van der Waals surface area (Å²) in [6.07, 6.45) is 3.41. The third kappa shape index (κ3) is 2.49. The molecule has 2 nitrogen and oxygen atoms in total. The second kappa shape index (κ2) is 4.33. The Morgan fingerprint density at radius 2 is 2.55 bits per heavy atom. The Kier molecular flexibility index (Phi) is 3.35. The van der Waals surface area contributed by atoms with Crippen LogP contribution >= 0.6 is 22.6 Å². The molecule has 3 heteroatoms. The Labute approximate surface area is 79.4 Å². The fraction of sp³-hybridized carbons (Fsp3) is 0.125. The Bertz CT molecular complexity index is 250. The Balaban J connectivity index is 2.69. The van der Waals surface area contributed by atoms with Crippen LogP contribution in [-0.4, -0.2) is 11.6 Å². The summed E-state index contributed by atoms with van der Waals surface area (Å²) in [6, 6.07) is 3.83. The molecule has 1 aromatic heterocycles. The third-order valence-electron chi connectivity index (χ3n) is 1.06. The van der Waals surface area contributed by atoms with Crippen molar-refractivity contribution >= 4 is 22.6 Å². The van der Waals surface area contributed by atoms with Crippen LogP contribution in [0.2, 0.25) is 0 Å². The minimum Gasteiger partial charge on any atom is -0.473 e. The molecular formula is C8H8INO. The van der Waals surface area contributed by atoms with Gasteiger partial charge in [0.25, 0.3) is 0 Å². The lowest BCUT2D eigenvalue weighted by atomic mass is 10.5. The average Bonchev–Trinajstić information content (AvgIpc) is 2.03. The molecule has 0 amide bonds. The number of halogens is 1. The molecule has 0 unspecified atom stereocenters. The van der Waals surface area contributed by atoms with Crippen molar-refractivity contribution in [3.05, 3.63) is 34.6 Å². The standard InChI is InChI=1S/C8H8INO/c1-2-6-11-8-7(9)4-3-5-10-8/h2-5H,1,6H2. The molecule has 0 atom stereocenters. The molecule has 1 heterocycles. The second-order valence-electron chi connectivity index (χ2n) is 1.89. The highest BCUT2D eigenvalue weighted by atomic mass is 127. The van der Waals surface area contributed by atoms with E-state index in [-0.39, 0.29) is 0 Å². The van der Waals surface area contributed by atoms with Crippen molar-refractivity contribution in [3.8, 4) is 5.88 Å². The van der Waals surface area contributed by atoms with Gasteiger partial charge in [-0.2, -0.15) is 0 Å². The lowest BCUT2D eigenvalue weighted by Crippen LogP contribution is -1.96. The van der Waals surface area contributed by atoms with Crippen LogP contribution in [0, 0.1) is 3.57 Å². The molecular weight excluding hydrogens is 253 g/mol. The molecule has 0 N–H and O–H groups in total. The lowest BCUT2D eigenvalue weighted by Gasteiger charge is -2.02. The zero-order valence-corrected chi connectivity index (χ0v) is 8.11. The molecule has 0 saturated carbocycles. The summed E-state index contributed by atoms with van der Waals surface area (Å²) in [6.45, 7) is 4.06. The molecule has 0 saturated heterocycles. The van der Waals surface area contributed by atoms with Gasteiger partial charge in [-0.3, -0.25) is 0 Å². The zero-order chi connectivity index (χ0) is 8.10. The van der Waals surface area contributed by atoms with Crippen molar-refractivity contribution in [1.82, 2.24) is 4.98 Å². The molecule has 0 fully saturated rings. The zero-order valence-electron chi connectivity index (χ0n) is 5.96. The van der Waals surface area contributed by atoms with Crippen LogP contribution in [0.3, 0.4) is 0 Å². The van der Waals surface area contributed by atoms with Crippen LogP contribution in [0.15, 0.2) is 31.0 Å². The summed E-state index contributed by atoms with van der Waals surface area (Å²) < 4.78 is 6.27. The van der Waals surface area contributed by atoms with Crippen molar-refractivity contribution in [3.63, 3.8) is 0 Å². The maximum absolute atomic E-state index is 5.25. The lowest BCUT2D eigenvalue weighted by molar-refractivity contribution is 0.346. The van der Waals surface area contributed by atoms with Gasteiger partial charge in [-0.1, -0.05) is 12.7 Å². The number of pyridine rings is 1. The predicted molar refractivity (Wildman–Crippen MR) is 52.6 cm³/mol. The fourth-order valence-corrected chi connectivity index (χ4v) is 1.12. The number of aromatic nitrogens is 1. The summed E-state index contributed by atoms with van der Waals surface area (Å²) in [5.74, 6) is 0.674. The van der Waals surface area contributed by atoms with Crippen molar-refractivity contribution in [1.29, 1.82) is 0 Å². The first-order chi connectivity index (χ1) is 5.34. The van der Waals surface area contributed by atoms with E-state index in [0.717, 1.165) is 3.57 Å². The van der Waals surface area contributed by atoms with Gasteiger partial charge in [-0.25, -0.2) is 4.98 Å². The summed E-state index contributed by atoms with van der Waals surface area (Å²) in [4.78, 5) is 4.04. The Hall–Kier alpha value is -0.580. The Morgan fingerprint density at radius 3 is 3.18 bits per heavy atom. The van der Waals surface area contributed by atoms with E-state index in [4.69, 9.17) is 4.74 Å². The quantitative estimate of drug-likeness (QED) is 0.615. The number of hydrogen-bond donors (Lipinski definition) is 0. The topological polar surface area (TPSA) is 22.1 Å². The SMILES string of the molecule is C=CCOc1ncccc1I. The third-order valence-corrected chi connectivity index (χ3v) is 1.88. The van der Waals surface area contributed by atoms with Gasteiger partial charge >= 0.3 is 0 Å². The van der Waals surface area contributed by atoms with Crippen LogP contribution in [-0.2, 0) is 0 Å². The highest BCUT2D eigenvalue weighted by molar-refractivity contribution is 14.1. The van der Waals surface area contributed by atoms with E-state index in [1.165, 1.54) is 0 Å². The first-order valence-corrected chi connectivity index (χ1v) is 4.26. The van der Waals surface area contributed by atoms with Crippen molar-refractivity contribution in [2.24, 2.45) is 0 Å². The first kappa shape index (κ1) is 8.52. The van der Waals surface area contributed by atoms with Gasteiger partial charge < -0.3 is 4.74 Å². The average molecular weight is 261 g/mol. The molecule has 0 aliphatic rings. The molecule has 0 bridgehead atoms. The van der Waals surface area contributed by atoms with E-state index in [2.05, 4.69) is 34.2 Å². The summed E-state index contributed by atoms with van der Waals surface area (Å²) in [5.41, 5.74) is 0. The van der Waals surface area contributed by atoms with Gasteiger partial charge in [0, 0.05) is 6.20 Å². The van der Waals surface area contributed by atoms with Gasteiger partial charge in [-0.15, -0.1) is 0 Å². The largest absolute Gasteiger partial charge is 0.473 e. The predicted octanol–water partition coefficient (Wildman–Crippen LogP) is 2.25. The van der Waals surface area contributed by atoms with Gasteiger partial charge in [-0.05, 0) is 34.7 Å². The minimum atomic E-state index is 0.507. The van der Waals surface area contributed by atoms with Gasteiger partial charge in [0.2, 0.25) is 5.88 Å². The van der Waals surface area contributed by atoms with E-state index >= 15 is 0 Å². The summed E-state index contributed by atoms with van der Waals surface area (Å²) in [5, 5.41) is 0. The van der Waals surface area contributed by atoms with E-state index in [9.17, 15) is 0 Å². The molecule has 1 aromatic rings. The van der Waals surface area contributed by atoms with Crippen LogP contribution in [0.1, 0.15) is 0 Å². The maximum atomic E-state index is 5.25. The molecule has 58 valence electrons. The summed E-state index contributed by atoms with van der Waals surface area (Å²) in [7, 11) is 0. The van der Waals surface area contributed by atoms with E-state index in [1.54, 1.807) is 12.3 Å². The Morgan fingerprint density at radius 1 is 1.73 bits per heavy atom. The number of hydrogen-bond acceptors (Lipinski definition) is 2. The van der Waals surface area contributed by atoms with E-state index in [0.29, 0.717) is 12.5 Å². The monoisotopic (exact) mass is 261 g/mol. The van der Waals surface area contributed by atoms with Gasteiger partial charge in [0.05, 0.1) is 3.57 Å². The molecule has 0 aliphatic heterocycles. The van der Waals surface area contributed by atoms with Crippen molar-refractivity contribution in [2.45, 2.75) is 0 Å². The highest BCUT2D eigenvalue weighted by Gasteiger charge is 1.97. The number of rotatable bonds is 3. The van der Waals surface area contributed by atoms with Gasteiger partial charge in [0.1, 0.15) is 6.61 Å². The number of nitrogens with zero attached hydrogens (tertiary/aromatic N) is 1. The highest BCUT2D eigenvalue weighted by Crippen LogP contribution is 2.15. The normalized spacial score (nSPS) is 9.18. The molecule has 0 aromatic carbocycles. The maximum Gasteiger partial charge on any atom is 0.227 e. The second-order valence-corrected chi connectivity index (χ2v) is 3.05. The smallest absolute Gasteiger partial charge is 0.227 e. The number of ether oxygens (including phenoxy) is 1. The molecule has 0 aliphatic carbocycles. The minimum absolute atomic E-state index is 0.507. The van der Waals surface area contributed by atoms with Crippen LogP contribution in [0.25, 0.3) is 0 Å². The first-order valence-electron chi connectivity index (χ1n) is 3.19.